The van der Waals surface area contributed by atoms with Crippen LogP contribution in [-0.2, 0) is 16.0 Å². The first-order chi connectivity index (χ1) is 15.1. The Balaban J connectivity index is 1.22. The van der Waals surface area contributed by atoms with E-state index in [1.807, 2.05) is 53.4 Å². The Labute approximate surface area is 183 Å². The van der Waals surface area contributed by atoms with Crippen LogP contribution >= 0.6 is 0 Å². The van der Waals surface area contributed by atoms with E-state index in [-0.39, 0.29) is 17.7 Å². The number of benzene rings is 2. The van der Waals surface area contributed by atoms with Crippen molar-refractivity contribution in [3.8, 4) is 11.5 Å². The van der Waals surface area contributed by atoms with Crippen molar-refractivity contribution in [1.82, 2.24) is 4.90 Å². The number of nitrogens with one attached hydrogen (secondary N) is 1. The summed E-state index contributed by atoms with van der Waals surface area (Å²) in [5, 5.41) is 2.94. The molecule has 4 rings (SSSR count). The molecule has 2 aliphatic heterocycles. The van der Waals surface area contributed by atoms with Gasteiger partial charge in [0, 0.05) is 25.2 Å². The van der Waals surface area contributed by atoms with E-state index in [1.54, 1.807) is 7.11 Å². The Kier molecular flexibility index (Phi) is 6.75. The third-order valence-electron chi connectivity index (χ3n) is 6.29. The Morgan fingerprint density at radius 3 is 2.65 bits per heavy atom. The normalized spacial score (nSPS) is 18.6. The number of likely N-dealkylation sites (tertiary alicyclic amines) is 1. The number of carbonyl (C=O) groups excluding carboxylic acids is 2. The summed E-state index contributed by atoms with van der Waals surface area (Å²) >= 11 is 0. The molecule has 1 unspecified atom stereocenters. The molecule has 0 spiro atoms. The Bertz CT molecular complexity index is 907. The van der Waals surface area contributed by atoms with Crippen molar-refractivity contribution in [2.45, 2.75) is 32.1 Å². The third kappa shape index (κ3) is 5.37. The molecule has 0 aliphatic carbocycles. The second-order valence-electron chi connectivity index (χ2n) is 8.41. The number of methoxy groups -OCH3 is 1. The topological polar surface area (TPSA) is 67.9 Å². The molecule has 0 radical (unpaired) electrons. The molecule has 1 fully saturated rings. The quantitative estimate of drug-likeness (QED) is 0.767. The summed E-state index contributed by atoms with van der Waals surface area (Å²) in [5.41, 5.74) is 1.87. The SMILES string of the molecule is COc1ccc2c(c1)CC(C(=O)N1CCC(CCC(=O)Nc3ccccc3)CC1)CO2. The van der Waals surface area contributed by atoms with E-state index in [4.69, 9.17) is 9.47 Å². The Hall–Kier alpha value is -3.02. The van der Waals surface area contributed by atoms with Crippen molar-refractivity contribution in [2.75, 3.05) is 32.1 Å². The summed E-state index contributed by atoms with van der Waals surface area (Å²) in [6.07, 6.45) is 3.96. The molecule has 2 amide bonds. The van der Waals surface area contributed by atoms with Gasteiger partial charge in [-0.1, -0.05) is 18.2 Å². The van der Waals surface area contributed by atoms with Gasteiger partial charge in [0.15, 0.2) is 0 Å². The van der Waals surface area contributed by atoms with Gasteiger partial charge in [-0.15, -0.1) is 0 Å². The van der Waals surface area contributed by atoms with Crippen LogP contribution < -0.4 is 14.8 Å². The maximum absolute atomic E-state index is 13.0. The molecule has 6 nitrogen and oxygen atoms in total. The number of amides is 2. The molecule has 0 aromatic heterocycles. The monoisotopic (exact) mass is 422 g/mol. The highest BCUT2D eigenvalue weighted by Crippen LogP contribution is 2.32. The standard InChI is InChI=1S/C25H30N2O4/c1-30-22-8-9-23-19(16-22)15-20(17-31-23)25(29)27-13-11-18(12-14-27)7-10-24(28)26-21-5-3-2-4-6-21/h2-6,8-9,16,18,20H,7,10-15,17H2,1H3,(H,26,28). The molecule has 164 valence electrons. The van der Waals surface area contributed by atoms with E-state index in [0.717, 1.165) is 55.1 Å². The first-order valence-corrected chi connectivity index (χ1v) is 11.1. The molecule has 1 saturated heterocycles. The van der Waals surface area contributed by atoms with E-state index in [2.05, 4.69) is 5.32 Å². The highest BCUT2D eigenvalue weighted by atomic mass is 16.5. The van der Waals surface area contributed by atoms with Crippen LogP contribution in [0.5, 0.6) is 11.5 Å². The van der Waals surface area contributed by atoms with Gasteiger partial charge in [-0.3, -0.25) is 9.59 Å². The second-order valence-corrected chi connectivity index (χ2v) is 8.41. The summed E-state index contributed by atoms with van der Waals surface area (Å²) in [6, 6.07) is 15.3. The zero-order chi connectivity index (χ0) is 21.6. The fraction of sp³-hybridized carbons (Fsp3) is 0.440. The Morgan fingerprint density at radius 2 is 1.90 bits per heavy atom. The first-order valence-electron chi connectivity index (χ1n) is 11.1. The molecule has 1 atom stereocenters. The van der Waals surface area contributed by atoms with Crippen LogP contribution in [0.4, 0.5) is 5.69 Å². The van der Waals surface area contributed by atoms with Crippen molar-refractivity contribution < 1.29 is 19.1 Å². The minimum atomic E-state index is -0.146. The summed E-state index contributed by atoms with van der Waals surface area (Å²) in [6.45, 7) is 1.94. The number of piperidine rings is 1. The lowest BCUT2D eigenvalue weighted by molar-refractivity contribution is -0.138. The maximum atomic E-state index is 13.0. The van der Waals surface area contributed by atoms with Gasteiger partial charge < -0.3 is 19.7 Å². The number of rotatable bonds is 6. The van der Waals surface area contributed by atoms with Crippen LogP contribution in [0, 0.1) is 11.8 Å². The van der Waals surface area contributed by atoms with E-state index >= 15 is 0 Å². The molecule has 2 aromatic carbocycles. The first kappa shape index (κ1) is 21.2. The molecule has 1 N–H and O–H groups in total. The van der Waals surface area contributed by atoms with E-state index < -0.39 is 0 Å². The Morgan fingerprint density at radius 1 is 1.13 bits per heavy atom. The molecule has 2 aliphatic rings. The number of hydrogen-bond acceptors (Lipinski definition) is 4. The smallest absolute Gasteiger partial charge is 0.229 e. The van der Waals surface area contributed by atoms with Crippen LogP contribution in [0.2, 0.25) is 0 Å². The van der Waals surface area contributed by atoms with Gasteiger partial charge >= 0.3 is 0 Å². The highest BCUT2D eigenvalue weighted by Gasteiger charge is 2.32. The number of anilines is 1. The van der Waals surface area contributed by atoms with Crippen molar-refractivity contribution in [1.29, 1.82) is 0 Å². The number of ether oxygens (including phenoxy) is 2. The minimum Gasteiger partial charge on any atom is -0.497 e. The van der Waals surface area contributed by atoms with Crippen molar-refractivity contribution in [3.05, 3.63) is 54.1 Å². The molecule has 2 aromatic rings. The number of fused-ring (bicyclic) bond motifs is 1. The molecule has 0 bridgehead atoms. The number of nitrogens with zero attached hydrogens (tertiary/aromatic N) is 1. The van der Waals surface area contributed by atoms with Crippen LogP contribution in [0.3, 0.4) is 0 Å². The molecule has 31 heavy (non-hydrogen) atoms. The average molecular weight is 423 g/mol. The van der Waals surface area contributed by atoms with E-state index in [1.165, 1.54) is 0 Å². The zero-order valence-electron chi connectivity index (χ0n) is 18.0. The minimum absolute atomic E-state index is 0.0538. The maximum Gasteiger partial charge on any atom is 0.229 e. The number of para-hydroxylation sites is 1. The van der Waals surface area contributed by atoms with Crippen LogP contribution in [0.25, 0.3) is 0 Å². The summed E-state index contributed by atoms with van der Waals surface area (Å²) in [4.78, 5) is 27.2. The fourth-order valence-corrected chi connectivity index (χ4v) is 4.44. The lowest BCUT2D eigenvalue weighted by Crippen LogP contribution is -2.44. The predicted molar refractivity (Wildman–Crippen MR) is 119 cm³/mol. The van der Waals surface area contributed by atoms with Gasteiger partial charge in [-0.2, -0.15) is 0 Å². The third-order valence-corrected chi connectivity index (χ3v) is 6.29. The van der Waals surface area contributed by atoms with Gasteiger partial charge in [0.1, 0.15) is 18.1 Å². The molecule has 2 heterocycles. The molecule has 6 heteroatoms. The highest BCUT2D eigenvalue weighted by molar-refractivity contribution is 5.90. The van der Waals surface area contributed by atoms with Gasteiger partial charge in [0.05, 0.1) is 13.0 Å². The van der Waals surface area contributed by atoms with Crippen LogP contribution in [0.15, 0.2) is 48.5 Å². The zero-order valence-corrected chi connectivity index (χ0v) is 18.0. The second kappa shape index (κ2) is 9.86. The average Bonchev–Trinajstić information content (AvgIpc) is 2.82. The van der Waals surface area contributed by atoms with Crippen LogP contribution in [0.1, 0.15) is 31.2 Å². The fourth-order valence-electron chi connectivity index (χ4n) is 4.44. The molecule has 0 saturated carbocycles. The van der Waals surface area contributed by atoms with Crippen molar-refractivity contribution in [2.24, 2.45) is 11.8 Å². The number of hydrogen-bond donors (Lipinski definition) is 1. The largest absolute Gasteiger partial charge is 0.497 e. The molecular formula is C25H30N2O4. The number of carbonyl (C=O) groups is 2. The summed E-state index contributed by atoms with van der Waals surface area (Å²) < 4.78 is 11.1. The lowest BCUT2D eigenvalue weighted by Gasteiger charge is -2.35. The van der Waals surface area contributed by atoms with Crippen LogP contribution in [-0.4, -0.2) is 43.5 Å². The summed E-state index contributed by atoms with van der Waals surface area (Å²) in [5.74, 6) is 2.20. The van der Waals surface area contributed by atoms with Gasteiger partial charge in [-0.25, -0.2) is 0 Å². The van der Waals surface area contributed by atoms with Crippen molar-refractivity contribution in [3.63, 3.8) is 0 Å². The summed E-state index contributed by atoms with van der Waals surface area (Å²) in [7, 11) is 1.64. The van der Waals surface area contributed by atoms with Gasteiger partial charge in [-0.05, 0) is 67.5 Å². The van der Waals surface area contributed by atoms with Crippen molar-refractivity contribution >= 4 is 17.5 Å². The predicted octanol–water partition coefficient (Wildman–Crippen LogP) is 3.90. The lowest BCUT2D eigenvalue weighted by atomic mass is 9.90. The van der Waals surface area contributed by atoms with Gasteiger partial charge in [0.2, 0.25) is 11.8 Å². The molecular weight excluding hydrogens is 392 g/mol. The van der Waals surface area contributed by atoms with Gasteiger partial charge in [0.25, 0.3) is 0 Å². The van der Waals surface area contributed by atoms with E-state index in [9.17, 15) is 9.59 Å². The van der Waals surface area contributed by atoms with E-state index in [0.29, 0.717) is 25.4 Å².